The Bertz CT molecular complexity index is 731. The fourth-order valence-corrected chi connectivity index (χ4v) is 3.18. The molecule has 28 heavy (non-hydrogen) atoms. The number of nitrogens with one attached hydrogen (secondary N) is 1. The molecule has 0 aromatic heterocycles. The highest BCUT2D eigenvalue weighted by Crippen LogP contribution is 2.15. The molecule has 2 rings (SSSR count). The molecule has 0 spiro atoms. The molecular weight excluding hydrogens is 348 g/mol. The number of hydrogen-bond acceptors (Lipinski definition) is 2. The summed E-state index contributed by atoms with van der Waals surface area (Å²) in [5, 5.41) is 3.04. The average Bonchev–Trinajstić information content (AvgIpc) is 2.73. The Kier molecular flexibility index (Phi) is 8.73. The Morgan fingerprint density at radius 1 is 0.893 bits per heavy atom. The number of aryl methyl sites for hydroxylation is 1. The second kappa shape index (κ2) is 11.3. The van der Waals surface area contributed by atoms with E-state index in [1.54, 1.807) is 4.90 Å². The van der Waals surface area contributed by atoms with E-state index >= 15 is 0 Å². The Labute approximate surface area is 169 Å². The van der Waals surface area contributed by atoms with Crippen molar-refractivity contribution in [2.24, 2.45) is 0 Å². The molecule has 150 valence electrons. The summed E-state index contributed by atoms with van der Waals surface area (Å²) in [6.07, 6.45) is 2.52. The number of benzene rings is 2. The number of hydrogen-bond donors (Lipinski definition) is 1. The van der Waals surface area contributed by atoms with Gasteiger partial charge in [-0.1, -0.05) is 74.5 Å². The van der Waals surface area contributed by atoms with Crippen LogP contribution in [-0.4, -0.2) is 28.8 Å². The summed E-state index contributed by atoms with van der Waals surface area (Å²) in [4.78, 5) is 27.7. The van der Waals surface area contributed by atoms with Gasteiger partial charge in [0, 0.05) is 19.0 Å². The van der Waals surface area contributed by atoms with Gasteiger partial charge in [0.1, 0.15) is 6.04 Å². The smallest absolute Gasteiger partial charge is 0.243 e. The Balaban J connectivity index is 2.16. The molecular formula is C24H32N2O2. The minimum absolute atomic E-state index is 0.0128. The molecule has 0 heterocycles. The molecule has 2 aromatic rings. The molecule has 0 bridgehead atoms. The maximum Gasteiger partial charge on any atom is 0.243 e. The number of carbonyl (C=O) groups excluding carboxylic acids is 2. The molecule has 0 unspecified atom stereocenters. The molecule has 0 aliphatic heterocycles. The van der Waals surface area contributed by atoms with Crippen molar-refractivity contribution in [2.75, 3.05) is 0 Å². The van der Waals surface area contributed by atoms with Gasteiger partial charge in [-0.15, -0.1) is 0 Å². The molecule has 2 amide bonds. The zero-order valence-electron chi connectivity index (χ0n) is 17.2. The van der Waals surface area contributed by atoms with Crippen LogP contribution in [-0.2, 0) is 22.6 Å². The summed E-state index contributed by atoms with van der Waals surface area (Å²) in [6.45, 7) is 6.44. The van der Waals surface area contributed by atoms with Crippen LogP contribution >= 0.6 is 0 Å². The van der Waals surface area contributed by atoms with Crippen LogP contribution < -0.4 is 5.32 Å². The largest absolute Gasteiger partial charge is 0.352 e. The molecule has 1 N–H and O–H groups in total. The Hall–Kier alpha value is -2.62. The summed E-state index contributed by atoms with van der Waals surface area (Å²) >= 11 is 0. The van der Waals surface area contributed by atoms with E-state index in [0.29, 0.717) is 25.8 Å². The highest BCUT2D eigenvalue weighted by Gasteiger charge is 2.28. The normalized spacial score (nSPS) is 12.8. The van der Waals surface area contributed by atoms with Crippen molar-refractivity contribution in [3.05, 3.63) is 71.8 Å². The molecule has 4 heteroatoms. The monoisotopic (exact) mass is 380 g/mol. The van der Waals surface area contributed by atoms with Crippen molar-refractivity contribution < 1.29 is 9.59 Å². The molecule has 0 saturated carbocycles. The van der Waals surface area contributed by atoms with Crippen LogP contribution in [0.15, 0.2) is 60.7 Å². The zero-order valence-corrected chi connectivity index (χ0v) is 17.2. The van der Waals surface area contributed by atoms with Crippen molar-refractivity contribution in [3.63, 3.8) is 0 Å². The third kappa shape index (κ3) is 6.52. The lowest BCUT2D eigenvalue weighted by Crippen LogP contribution is -2.50. The molecule has 2 aromatic carbocycles. The lowest BCUT2D eigenvalue weighted by molar-refractivity contribution is -0.141. The van der Waals surface area contributed by atoms with Gasteiger partial charge in [0.25, 0.3) is 0 Å². The highest BCUT2D eigenvalue weighted by molar-refractivity contribution is 5.87. The number of rotatable bonds is 10. The molecule has 4 nitrogen and oxygen atoms in total. The number of amides is 2. The van der Waals surface area contributed by atoms with Gasteiger partial charge in [-0.25, -0.2) is 0 Å². The first-order valence-corrected chi connectivity index (χ1v) is 10.2. The first-order chi connectivity index (χ1) is 13.5. The predicted octanol–water partition coefficient (Wildman–Crippen LogP) is 4.34. The molecule has 0 radical (unpaired) electrons. The quantitative estimate of drug-likeness (QED) is 0.666. The minimum atomic E-state index is -0.461. The van der Waals surface area contributed by atoms with Crippen molar-refractivity contribution in [1.82, 2.24) is 10.2 Å². The SMILES string of the molecule is CC[C@@H](C)NC(=O)[C@H](CC)N(Cc1ccccc1)C(=O)CCc1ccccc1. The Morgan fingerprint density at radius 3 is 2.00 bits per heavy atom. The van der Waals surface area contributed by atoms with Crippen LogP contribution in [0.3, 0.4) is 0 Å². The van der Waals surface area contributed by atoms with Crippen LogP contribution in [0.5, 0.6) is 0 Å². The highest BCUT2D eigenvalue weighted by atomic mass is 16.2. The van der Waals surface area contributed by atoms with Gasteiger partial charge in [-0.3, -0.25) is 9.59 Å². The average molecular weight is 381 g/mol. The van der Waals surface area contributed by atoms with Gasteiger partial charge in [0.2, 0.25) is 11.8 Å². The third-order valence-corrected chi connectivity index (χ3v) is 5.05. The maximum atomic E-state index is 13.1. The number of carbonyl (C=O) groups is 2. The van der Waals surface area contributed by atoms with Crippen molar-refractivity contribution in [2.45, 2.75) is 65.1 Å². The second-order valence-corrected chi connectivity index (χ2v) is 7.23. The summed E-state index contributed by atoms with van der Waals surface area (Å²) in [5.41, 5.74) is 2.16. The van der Waals surface area contributed by atoms with E-state index in [4.69, 9.17) is 0 Å². The Morgan fingerprint density at radius 2 is 1.46 bits per heavy atom. The summed E-state index contributed by atoms with van der Waals surface area (Å²) in [5.74, 6) is -0.0558. The van der Waals surface area contributed by atoms with E-state index in [-0.39, 0.29) is 17.9 Å². The van der Waals surface area contributed by atoms with Crippen LogP contribution in [0.25, 0.3) is 0 Å². The van der Waals surface area contributed by atoms with Gasteiger partial charge < -0.3 is 10.2 Å². The maximum absolute atomic E-state index is 13.1. The van der Waals surface area contributed by atoms with E-state index in [1.165, 1.54) is 0 Å². The summed E-state index contributed by atoms with van der Waals surface area (Å²) in [7, 11) is 0. The second-order valence-electron chi connectivity index (χ2n) is 7.23. The van der Waals surface area contributed by atoms with Gasteiger partial charge in [-0.2, -0.15) is 0 Å². The first-order valence-electron chi connectivity index (χ1n) is 10.2. The summed E-state index contributed by atoms with van der Waals surface area (Å²) < 4.78 is 0. The van der Waals surface area contributed by atoms with Crippen LogP contribution in [0.1, 0.15) is 51.2 Å². The van der Waals surface area contributed by atoms with Gasteiger partial charge in [0.05, 0.1) is 0 Å². The molecule has 0 fully saturated rings. The molecule has 2 atom stereocenters. The van der Waals surface area contributed by atoms with Gasteiger partial charge >= 0.3 is 0 Å². The fourth-order valence-electron chi connectivity index (χ4n) is 3.18. The molecule has 0 aliphatic carbocycles. The van der Waals surface area contributed by atoms with Crippen LogP contribution in [0.4, 0.5) is 0 Å². The minimum Gasteiger partial charge on any atom is -0.352 e. The molecule has 0 aliphatic rings. The van der Waals surface area contributed by atoms with E-state index in [1.807, 2.05) is 81.4 Å². The van der Waals surface area contributed by atoms with E-state index in [2.05, 4.69) is 5.32 Å². The molecule has 0 saturated heterocycles. The van der Waals surface area contributed by atoms with Crippen LogP contribution in [0.2, 0.25) is 0 Å². The van der Waals surface area contributed by atoms with Crippen LogP contribution in [0, 0.1) is 0 Å². The topological polar surface area (TPSA) is 49.4 Å². The van der Waals surface area contributed by atoms with Gasteiger partial charge in [0.15, 0.2) is 0 Å². The standard InChI is InChI=1S/C24H32N2O2/c1-4-19(3)25-24(28)22(5-2)26(18-21-14-10-7-11-15-21)23(27)17-16-20-12-8-6-9-13-20/h6-15,19,22H,4-5,16-18H2,1-3H3,(H,25,28)/t19-,22+/m1/s1. The van der Waals surface area contributed by atoms with E-state index < -0.39 is 6.04 Å². The fraction of sp³-hybridized carbons (Fsp3) is 0.417. The third-order valence-electron chi connectivity index (χ3n) is 5.05. The lowest BCUT2D eigenvalue weighted by atomic mass is 10.1. The number of nitrogens with zero attached hydrogens (tertiary/aromatic N) is 1. The summed E-state index contributed by atoms with van der Waals surface area (Å²) in [6, 6.07) is 19.5. The van der Waals surface area contributed by atoms with Gasteiger partial charge in [-0.05, 0) is 37.3 Å². The lowest BCUT2D eigenvalue weighted by Gasteiger charge is -2.31. The predicted molar refractivity (Wildman–Crippen MR) is 114 cm³/mol. The zero-order chi connectivity index (χ0) is 20.4. The van der Waals surface area contributed by atoms with E-state index in [9.17, 15) is 9.59 Å². The van der Waals surface area contributed by atoms with Crippen molar-refractivity contribution in [1.29, 1.82) is 0 Å². The first kappa shape index (κ1) is 21.7. The van der Waals surface area contributed by atoms with Crippen molar-refractivity contribution >= 4 is 11.8 Å². The van der Waals surface area contributed by atoms with E-state index in [0.717, 1.165) is 17.5 Å². The van der Waals surface area contributed by atoms with Crippen molar-refractivity contribution in [3.8, 4) is 0 Å².